The van der Waals surface area contributed by atoms with E-state index < -0.39 is 11.6 Å². The molecule has 2 aliphatic rings. The summed E-state index contributed by atoms with van der Waals surface area (Å²) in [5, 5.41) is 3.41. The molecular weight excluding hydrogens is 356 g/mol. The summed E-state index contributed by atoms with van der Waals surface area (Å²) in [4.78, 5) is 26.9. The molecule has 4 nitrogen and oxygen atoms in total. The van der Waals surface area contributed by atoms with Gasteiger partial charge in [-0.25, -0.2) is 0 Å². The lowest BCUT2D eigenvalue weighted by Gasteiger charge is -2.43. The van der Waals surface area contributed by atoms with Crippen LogP contribution in [0.25, 0.3) is 0 Å². The van der Waals surface area contributed by atoms with E-state index in [-0.39, 0.29) is 11.8 Å². The molecule has 1 spiro atoms. The molecule has 1 unspecified atom stereocenters. The summed E-state index contributed by atoms with van der Waals surface area (Å²) in [7, 11) is 0. The number of benzene rings is 1. The predicted molar refractivity (Wildman–Crippen MR) is 85.4 cm³/mol. The second-order valence-electron chi connectivity index (χ2n) is 5.73. The standard InChI is InChI=1S/C15H16BrClN2O2/c1-9-13(20)18-15(6-2-3-7-15)14(21)19(9)12-8-10(16)4-5-11(12)17/h4-5,8-9H,2-3,6-7H2,1H3,(H,18,20). The van der Waals surface area contributed by atoms with Crippen LogP contribution in [0.1, 0.15) is 32.6 Å². The molecule has 2 fully saturated rings. The number of halogens is 2. The van der Waals surface area contributed by atoms with Crippen LogP contribution in [0.2, 0.25) is 5.02 Å². The van der Waals surface area contributed by atoms with E-state index in [9.17, 15) is 9.59 Å². The number of hydrogen-bond acceptors (Lipinski definition) is 2. The van der Waals surface area contributed by atoms with E-state index >= 15 is 0 Å². The van der Waals surface area contributed by atoms with E-state index in [4.69, 9.17) is 11.6 Å². The monoisotopic (exact) mass is 370 g/mol. The first-order chi connectivity index (χ1) is 9.94. The Labute approximate surface area is 137 Å². The first-order valence-electron chi connectivity index (χ1n) is 7.05. The number of amides is 2. The molecule has 1 saturated heterocycles. The van der Waals surface area contributed by atoms with Gasteiger partial charge in [-0.05, 0) is 38.0 Å². The Bertz CT molecular complexity index is 614. The van der Waals surface area contributed by atoms with Crippen molar-refractivity contribution in [3.05, 3.63) is 27.7 Å². The number of nitrogens with zero attached hydrogens (tertiary/aromatic N) is 1. The minimum Gasteiger partial charge on any atom is -0.340 e. The Hall–Kier alpha value is -1.07. The van der Waals surface area contributed by atoms with Crippen molar-refractivity contribution in [2.24, 2.45) is 0 Å². The topological polar surface area (TPSA) is 49.4 Å². The molecule has 0 aromatic heterocycles. The maximum atomic E-state index is 13.0. The van der Waals surface area contributed by atoms with Crippen molar-refractivity contribution >= 4 is 45.0 Å². The molecule has 0 bridgehead atoms. The van der Waals surface area contributed by atoms with Crippen LogP contribution in [0.15, 0.2) is 22.7 Å². The number of anilines is 1. The highest BCUT2D eigenvalue weighted by atomic mass is 79.9. The van der Waals surface area contributed by atoms with E-state index in [1.165, 1.54) is 0 Å². The fraction of sp³-hybridized carbons (Fsp3) is 0.467. The summed E-state index contributed by atoms with van der Waals surface area (Å²) in [5.41, 5.74) is -0.153. The highest BCUT2D eigenvalue weighted by Crippen LogP contribution is 2.39. The Balaban J connectivity index is 2.08. The maximum absolute atomic E-state index is 13.0. The molecule has 1 heterocycles. The van der Waals surface area contributed by atoms with Crippen molar-refractivity contribution in [2.75, 3.05) is 4.90 Å². The summed E-state index contributed by atoms with van der Waals surface area (Å²) >= 11 is 9.65. The van der Waals surface area contributed by atoms with Crippen LogP contribution in [0, 0.1) is 0 Å². The molecule has 0 radical (unpaired) electrons. The Kier molecular flexibility index (Phi) is 3.74. The third kappa shape index (κ3) is 2.36. The molecule has 6 heteroatoms. The summed E-state index contributed by atoms with van der Waals surface area (Å²) in [6.07, 6.45) is 3.32. The first-order valence-corrected chi connectivity index (χ1v) is 8.22. The lowest BCUT2D eigenvalue weighted by molar-refractivity contribution is -0.137. The minimum absolute atomic E-state index is 0.0490. The quantitative estimate of drug-likeness (QED) is 0.824. The zero-order chi connectivity index (χ0) is 15.2. The molecule has 1 aromatic rings. The molecule has 1 saturated carbocycles. The lowest BCUT2D eigenvalue weighted by atomic mass is 9.90. The highest BCUT2D eigenvalue weighted by Gasteiger charge is 2.51. The van der Waals surface area contributed by atoms with E-state index in [2.05, 4.69) is 21.2 Å². The zero-order valence-electron chi connectivity index (χ0n) is 11.7. The SMILES string of the molecule is CC1C(=O)NC2(CCCC2)C(=O)N1c1cc(Br)ccc1Cl. The zero-order valence-corrected chi connectivity index (χ0v) is 14.0. The van der Waals surface area contributed by atoms with Gasteiger partial charge in [0.15, 0.2) is 0 Å². The van der Waals surface area contributed by atoms with Crippen molar-refractivity contribution in [1.82, 2.24) is 5.32 Å². The van der Waals surface area contributed by atoms with Crippen LogP contribution < -0.4 is 10.2 Å². The van der Waals surface area contributed by atoms with E-state index in [1.807, 2.05) is 6.07 Å². The summed E-state index contributed by atoms with van der Waals surface area (Å²) in [6, 6.07) is 4.78. The predicted octanol–water partition coefficient (Wildman–Crippen LogP) is 3.27. The van der Waals surface area contributed by atoms with Gasteiger partial charge in [-0.2, -0.15) is 0 Å². The molecule has 1 aliphatic carbocycles. The molecular formula is C15H16BrClN2O2. The van der Waals surface area contributed by atoms with Crippen LogP contribution in [0.5, 0.6) is 0 Å². The van der Waals surface area contributed by atoms with Crippen molar-refractivity contribution in [2.45, 2.75) is 44.2 Å². The van der Waals surface area contributed by atoms with Crippen LogP contribution in [-0.4, -0.2) is 23.4 Å². The van der Waals surface area contributed by atoms with Crippen molar-refractivity contribution in [1.29, 1.82) is 0 Å². The Morgan fingerprint density at radius 3 is 2.67 bits per heavy atom. The average Bonchev–Trinajstić information content (AvgIpc) is 2.90. The minimum atomic E-state index is -0.741. The highest BCUT2D eigenvalue weighted by molar-refractivity contribution is 9.10. The summed E-state index contributed by atoms with van der Waals surface area (Å²) in [6.45, 7) is 1.73. The van der Waals surface area contributed by atoms with Gasteiger partial charge in [0.05, 0.1) is 10.7 Å². The second-order valence-corrected chi connectivity index (χ2v) is 7.05. The first kappa shape index (κ1) is 14.9. The maximum Gasteiger partial charge on any atom is 0.253 e. The molecule has 1 N–H and O–H groups in total. The van der Waals surface area contributed by atoms with Crippen molar-refractivity contribution in [3.63, 3.8) is 0 Å². The van der Waals surface area contributed by atoms with Gasteiger partial charge >= 0.3 is 0 Å². The van der Waals surface area contributed by atoms with Crippen LogP contribution in [-0.2, 0) is 9.59 Å². The van der Waals surface area contributed by atoms with Gasteiger partial charge in [0.2, 0.25) is 5.91 Å². The molecule has 1 aliphatic heterocycles. The molecule has 1 aromatic carbocycles. The van der Waals surface area contributed by atoms with Gasteiger partial charge in [0.1, 0.15) is 11.6 Å². The smallest absolute Gasteiger partial charge is 0.253 e. The van der Waals surface area contributed by atoms with Gasteiger partial charge in [-0.3, -0.25) is 14.5 Å². The fourth-order valence-electron chi connectivity index (χ4n) is 3.22. The summed E-state index contributed by atoms with van der Waals surface area (Å²) in [5.74, 6) is -0.167. The number of rotatable bonds is 1. The largest absolute Gasteiger partial charge is 0.340 e. The van der Waals surface area contributed by atoms with E-state index in [1.54, 1.807) is 24.0 Å². The van der Waals surface area contributed by atoms with Crippen molar-refractivity contribution in [3.8, 4) is 0 Å². The fourth-order valence-corrected chi connectivity index (χ4v) is 3.78. The van der Waals surface area contributed by atoms with Crippen LogP contribution in [0.4, 0.5) is 5.69 Å². The van der Waals surface area contributed by atoms with Gasteiger partial charge in [0, 0.05) is 4.47 Å². The third-order valence-corrected chi connectivity index (χ3v) is 5.20. The Morgan fingerprint density at radius 2 is 2.00 bits per heavy atom. The third-order valence-electron chi connectivity index (χ3n) is 4.38. The second kappa shape index (κ2) is 5.29. The number of carbonyl (C=O) groups excluding carboxylic acids is 2. The van der Waals surface area contributed by atoms with Crippen LogP contribution in [0.3, 0.4) is 0 Å². The molecule has 2 amide bonds. The normalized spacial score (nSPS) is 24.5. The molecule has 3 rings (SSSR count). The van der Waals surface area contributed by atoms with Gasteiger partial charge in [-0.15, -0.1) is 0 Å². The van der Waals surface area contributed by atoms with Crippen LogP contribution >= 0.6 is 27.5 Å². The lowest BCUT2D eigenvalue weighted by Crippen LogP contribution is -2.69. The summed E-state index contributed by atoms with van der Waals surface area (Å²) < 4.78 is 0.827. The van der Waals surface area contributed by atoms with Crippen molar-refractivity contribution < 1.29 is 9.59 Å². The van der Waals surface area contributed by atoms with E-state index in [0.29, 0.717) is 23.6 Å². The number of carbonyl (C=O) groups is 2. The Morgan fingerprint density at radius 1 is 1.33 bits per heavy atom. The van der Waals surface area contributed by atoms with Gasteiger partial charge in [0.25, 0.3) is 5.91 Å². The average molecular weight is 372 g/mol. The number of piperazine rings is 1. The number of hydrogen-bond donors (Lipinski definition) is 1. The van der Waals surface area contributed by atoms with Gasteiger partial charge in [-0.1, -0.05) is 40.4 Å². The van der Waals surface area contributed by atoms with Gasteiger partial charge < -0.3 is 5.32 Å². The van der Waals surface area contributed by atoms with E-state index in [0.717, 1.165) is 17.3 Å². The molecule has 112 valence electrons. The molecule has 1 atom stereocenters. The molecule has 21 heavy (non-hydrogen) atoms. The number of nitrogens with one attached hydrogen (secondary N) is 1.